The van der Waals surface area contributed by atoms with Crippen LogP contribution >= 0.6 is 0 Å². The number of amides is 1. The summed E-state index contributed by atoms with van der Waals surface area (Å²) in [7, 11) is 0. The summed E-state index contributed by atoms with van der Waals surface area (Å²) in [6, 6.07) is -0.178. The SMILES string of the molecule is CC(=O)NC1[C@H](OC(C)C)OC(CO)[C@@H](C)[C@@H]1C. The zero-order valence-corrected chi connectivity index (χ0v) is 11.8. The van der Waals surface area contributed by atoms with E-state index in [1.165, 1.54) is 6.92 Å². The fourth-order valence-corrected chi connectivity index (χ4v) is 2.32. The molecule has 1 saturated heterocycles. The van der Waals surface area contributed by atoms with Crippen molar-refractivity contribution >= 4 is 5.91 Å². The standard InChI is InChI=1S/C13H25NO4/c1-7(2)17-13-12(14-10(5)16)9(4)8(3)11(6-15)18-13/h7-9,11-13,15H,6H2,1-5H3,(H,14,16)/t8-,9-,11?,12?,13+/m0/s1. The Bertz CT molecular complexity index is 282. The van der Waals surface area contributed by atoms with Gasteiger partial charge in [-0.25, -0.2) is 0 Å². The van der Waals surface area contributed by atoms with Gasteiger partial charge in [0.2, 0.25) is 5.91 Å². The molecule has 2 unspecified atom stereocenters. The first-order chi connectivity index (χ1) is 8.36. The van der Waals surface area contributed by atoms with Crippen molar-refractivity contribution in [1.82, 2.24) is 5.32 Å². The maximum Gasteiger partial charge on any atom is 0.217 e. The molecule has 0 aliphatic carbocycles. The average Bonchev–Trinajstić information content (AvgIpc) is 2.27. The van der Waals surface area contributed by atoms with E-state index in [1.54, 1.807) is 0 Å². The van der Waals surface area contributed by atoms with E-state index in [0.717, 1.165) is 0 Å². The lowest BCUT2D eigenvalue weighted by Gasteiger charge is -2.44. The number of ether oxygens (including phenoxy) is 2. The molecule has 0 saturated carbocycles. The molecule has 1 aliphatic heterocycles. The predicted molar refractivity (Wildman–Crippen MR) is 67.9 cm³/mol. The van der Waals surface area contributed by atoms with Crippen molar-refractivity contribution in [3.63, 3.8) is 0 Å². The average molecular weight is 259 g/mol. The van der Waals surface area contributed by atoms with Crippen LogP contribution in [0, 0.1) is 11.8 Å². The second-order valence-corrected chi connectivity index (χ2v) is 5.35. The van der Waals surface area contributed by atoms with Crippen LogP contribution in [0.2, 0.25) is 0 Å². The summed E-state index contributed by atoms with van der Waals surface area (Å²) >= 11 is 0. The van der Waals surface area contributed by atoms with E-state index in [9.17, 15) is 9.90 Å². The quantitative estimate of drug-likeness (QED) is 0.787. The molecule has 1 rings (SSSR count). The van der Waals surface area contributed by atoms with Crippen LogP contribution in [0.3, 0.4) is 0 Å². The Hall–Kier alpha value is -0.650. The van der Waals surface area contributed by atoms with Crippen LogP contribution in [0.4, 0.5) is 0 Å². The largest absolute Gasteiger partial charge is 0.394 e. The highest BCUT2D eigenvalue weighted by Gasteiger charge is 2.42. The summed E-state index contributed by atoms with van der Waals surface area (Å²) in [6.45, 7) is 9.37. The molecule has 1 amide bonds. The number of aliphatic hydroxyl groups excluding tert-OH is 1. The molecular weight excluding hydrogens is 234 g/mol. The van der Waals surface area contributed by atoms with Gasteiger partial charge in [0.25, 0.3) is 0 Å². The Balaban J connectivity index is 2.83. The third kappa shape index (κ3) is 3.67. The molecule has 106 valence electrons. The minimum atomic E-state index is -0.503. The van der Waals surface area contributed by atoms with E-state index in [1.807, 2.05) is 27.7 Å². The highest BCUT2D eigenvalue weighted by Crippen LogP contribution is 2.31. The minimum Gasteiger partial charge on any atom is -0.394 e. The summed E-state index contributed by atoms with van der Waals surface area (Å²) < 4.78 is 11.5. The topological polar surface area (TPSA) is 67.8 Å². The molecule has 1 aliphatic rings. The minimum absolute atomic E-state index is 0.00575. The van der Waals surface area contributed by atoms with Crippen molar-refractivity contribution in [3.05, 3.63) is 0 Å². The normalized spacial score (nSPS) is 36.7. The first kappa shape index (κ1) is 15.4. The van der Waals surface area contributed by atoms with Crippen molar-refractivity contribution < 1.29 is 19.4 Å². The highest BCUT2D eigenvalue weighted by molar-refractivity contribution is 5.73. The van der Waals surface area contributed by atoms with Gasteiger partial charge >= 0.3 is 0 Å². The molecule has 1 fully saturated rings. The van der Waals surface area contributed by atoms with E-state index in [-0.39, 0.29) is 42.6 Å². The monoisotopic (exact) mass is 259 g/mol. The number of hydrogen-bond donors (Lipinski definition) is 2. The van der Waals surface area contributed by atoms with Crippen LogP contribution < -0.4 is 5.32 Å². The van der Waals surface area contributed by atoms with E-state index < -0.39 is 6.29 Å². The fraction of sp³-hybridized carbons (Fsp3) is 0.923. The smallest absolute Gasteiger partial charge is 0.217 e. The Morgan fingerprint density at radius 3 is 2.44 bits per heavy atom. The van der Waals surface area contributed by atoms with Gasteiger partial charge in [0, 0.05) is 6.92 Å². The molecule has 1 heterocycles. The van der Waals surface area contributed by atoms with Crippen LogP contribution in [0.1, 0.15) is 34.6 Å². The number of hydrogen-bond acceptors (Lipinski definition) is 4. The lowest BCUT2D eigenvalue weighted by Crippen LogP contribution is -2.58. The lowest BCUT2D eigenvalue weighted by atomic mass is 9.82. The molecule has 18 heavy (non-hydrogen) atoms. The fourth-order valence-electron chi connectivity index (χ4n) is 2.32. The molecule has 0 bridgehead atoms. The molecule has 0 radical (unpaired) electrons. The molecule has 0 aromatic carbocycles. The summed E-state index contributed by atoms with van der Waals surface area (Å²) in [5.74, 6) is 0.255. The summed E-state index contributed by atoms with van der Waals surface area (Å²) in [4.78, 5) is 11.3. The second-order valence-electron chi connectivity index (χ2n) is 5.35. The summed E-state index contributed by atoms with van der Waals surface area (Å²) in [6.07, 6.45) is -0.739. The molecule has 0 aromatic heterocycles. The van der Waals surface area contributed by atoms with Crippen LogP contribution in [0.15, 0.2) is 0 Å². The molecule has 5 atom stereocenters. The molecule has 2 N–H and O–H groups in total. The van der Waals surface area contributed by atoms with Gasteiger partial charge in [-0.05, 0) is 25.7 Å². The van der Waals surface area contributed by atoms with Gasteiger partial charge < -0.3 is 19.9 Å². The number of aliphatic hydroxyl groups is 1. The van der Waals surface area contributed by atoms with E-state index in [4.69, 9.17) is 9.47 Å². The molecule has 0 spiro atoms. The Labute approximate surface area is 109 Å². The second kappa shape index (κ2) is 6.50. The highest BCUT2D eigenvalue weighted by atomic mass is 16.7. The van der Waals surface area contributed by atoms with Crippen LogP contribution in [-0.4, -0.2) is 42.2 Å². The first-order valence-corrected chi connectivity index (χ1v) is 6.55. The summed E-state index contributed by atoms with van der Waals surface area (Å²) in [5, 5.41) is 12.2. The van der Waals surface area contributed by atoms with Crippen LogP contribution in [0.25, 0.3) is 0 Å². The van der Waals surface area contributed by atoms with Crippen molar-refractivity contribution in [2.75, 3.05) is 6.61 Å². The third-order valence-corrected chi connectivity index (χ3v) is 3.54. The Morgan fingerprint density at radius 1 is 1.39 bits per heavy atom. The molecular formula is C13H25NO4. The number of carbonyl (C=O) groups is 1. The van der Waals surface area contributed by atoms with Gasteiger partial charge in [-0.1, -0.05) is 13.8 Å². The van der Waals surface area contributed by atoms with Gasteiger partial charge in [0.05, 0.1) is 24.9 Å². The number of carbonyl (C=O) groups excluding carboxylic acids is 1. The van der Waals surface area contributed by atoms with E-state index in [2.05, 4.69) is 5.32 Å². The summed E-state index contributed by atoms with van der Waals surface area (Å²) in [5.41, 5.74) is 0. The maximum absolute atomic E-state index is 11.3. The van der Waals surface area contributed by atoms with Crippen molar-refractivity contribution in [3.8, 4) is 0 Å². The van der Waals surface area contributed by atoms with Gasteiger partial charge in [0.1, 0.15) is 0 Å². The Kier molecular flexibility index (Phi) is 5.56. The van der Waals surface area contributed by atoms with Crippen LogP contribution in [0.5, 0.6) is 0 Å². The lowest BCUT2D eigenvalue weighted by molar-refractivity contribution is -0.253. The zero-order valence-electron chi connectivity index (χ0n) is 11.8. The first-order valence-electron chi connectivity index (χ1n) is 6.55. The van der Waals surface area contributed by atoms with Gasteiger partial charge in [-0.2, -0.15) is 0 Å². The molecule has 5 nitrogen and oxygen atoms in total. The van der Waals surface area contributed by atoms with Gasteiger partial charge in [-0.3, -0.25) is 4.79 Å². The molecule has 5 heteroatoms. The zero-order chi connectivity index (χ0) is 13.9. The Morgan fingerprint density at radius 2 is 2.00 bits per heavy atom. The van der Waals surface area contributed by atoms with Crippen molar-refractivity contribution in [1.29, 1.82) is 0 Å². The van der Waals surface area contributed by atoms with Gasteiger partial charge in [0.15, 0.2) is 6.29 Å². The third-order valence-electron chi connectivity index (χ3n) is 3.54. The van der Waals surface area contributed by atoms with Crippen molar-refractivity contribution in [2.24, 2.45) is 11.8 Å². The van der Waals surface area contributed by atoms with Crippen molar-refractivity contribution in [2.45, 2.75) is 59.2 Å². The number of rotatable bonds is 4. The maximum atomic E-state index is 11.3. The molecule has 0 aromatic rings. The van der Waals surface area contributed by atoms with Gasteiger partial charge in [-0.15, -0.1) is 0 Å². The van der Waals surface area contributed by atoms with E-state index in [0.29, 0.717) is 0 Å². The van der Waals surface area contributed by atoms with E-state index >= 15 is 0 Å². The predicted octanol–water partition coefficient (Wildman–Crippen LogP) is 0.905. The number of nitrogens with one attached hydrogen (secondary N) is 1. The van der Waals surface area contributed by atoms with Crippen LogP contribution in [-0.2, 0) is 14.3 Å².